The lowest BCUT2D eigenvalue weighted by Gasteiger charge is -2.17. The van der Waals surface area contributed by atoms with Crippen LogP contribution in [0.4, 0.5) is 4.39 Å². The zero-order chi connectivity index (χ0) is 15.8. The van der Waals surface area contributed by atoms with Crippen molar-refractivity contribution in [1.82, 2.24) is 9.88 Å². The third-order valence-corrected chi connectivity index (χ3v) is 2.94. The number of likely N-dealkylation sites (N-methyl/N-ethyl adjacent to an activating group) is 1. The first kappa shape index (κ1) is 15.8. The van der Waals surface area contributed by atoms with Crippen LogP contribution in [0.5, 0.6) is 11.5 Å². The molecule has 2 rings (SSSR count). The summed E-state index contributed by atoms with van der Waals surface area (Å²) in [6, 6.07) is 9.60. The predicted molar refractivity (Wildman–Crippen MR) is 79.3 cm³/mol. The quantitative estimate of drug-likeness (QED) is 0.786. The number of carbonyl (C=O) groups is 1. The van der Waals surface area contributed by atoms with Crippen LogP contribution >= 0.6 is 0 Å². The number of ether oxygens (including phenoxy) is 2. The third-order valence-electron chi connectivity index (χ3n) is 2.94. The molecule has 0 aliphatic rings. The maximum absolute atomic E-state index is 13.3. The number of aromatic nitrogens is 1. The highest BCUT2D eigenvalue weighted by molar-refractivity contribution is 5.77. The highest BCUT2D eigenvalue weighted by Crippen LogP contribution is 2.15. The van der Waals surface area contributed by atoms with E-state index in [9.17, 15) is 9.18 Å². The maximum atomic E-state index is 13.3. The molecule has 1 amide bonds. The van der Waals surface area contributed by atoms with Gasteiger partial charge >= 0.3 is 0 Å². The molecule has 2 aromatic rings. The average molecular weight is 304 g/mol. The van der Waals surface area contributed by atoms with Crippen molar-refractivity contribution in [3.05, 3.63) is 54.6 Å². The summed E-state index contributed by atoms with van der Waals surface area (Å²) in [5, 5.41) is 0. The molecule has 1 aromatic heterocycles. The van der Waals surface area contributed by atoms with Gasteiger partial charge in [0, 0.05) is 13.2 Å². The van der Waals surface area contributed by atoms with Crippen LogP contribution in [-0.4, -0.2) is 42.6 Å². The van der Waals surface area contributed by atoms with E-state index in [-0.39, 0.29) is 24.9 Å². The SMILES string of the molecule is CN(CCOc1ccccc1F)C(=O)COc1cccnc1. The highest BCUT2D eigenvalue weighted by Gasteiger charge is 2.10. The van der Waals surface area contributed by atoms with Gasteiger partial charge in [0.25, 0.3) is 5.91 Å². The molecule has 0 N–H and O–H groups in total. The van der Waals surface area contributed by atoms with E-state index in [0.717, 1.165) is 0 Å². The van der Waals surface area contributed by atoms with Gasteiger partial charge in [-0.15, -0.1) is 0 Å². The summed E-state index contributed by atoms with van der Waals surface area (Å²) >= 11 is 0. The average Bonchev–Trinajstić information content (AvgIpc) is 2.55. The minimum absolute atomic E-state index is 0.0815. The lowest BCUT2D eigenvalue weighted by Crippen LogP contribution is -2.34. The molecule has 22 heavy (non-hydrogen) atoms. The van der Waals surface area contributed by atoms with Gasteiger partial charge in [0.2, 0.25) is 0 Å². The van der Waals surface area contributed by atoms with Gasteiger partial charge in [0.1, 0.15) is 12.4 Å². The van der Waals surface area contributed by atoms with Crippen LogP contribution in [-0.2, 0) is 4.79 Å². The van der Waals surface area contributed by atoms with Crippen molar-refractivity contribution in [3.63, 3.8) is 0 Å². The van der Waals surface area contributed by atoms with Gasteiger partial charge in [-0.1, -0.05) is 12.1 Å². The molecule has 0 fully saturated rings. The molecular weight excluding hydrogens is 287 g/mol. The molecule has 0 saturated carbocycles. The Morgan fingerprint density at radius 3 is 2.77 bits per heavy atom. The first-order chi connectivity index (χ1) is 10.7. The van der Waals surface area contributed by atoms with E-state index < -0.39 is 5.82 Å². The van der Waals surface area contributed by atoms with Gasteiger partial charge in [0.05, 0.1) is 12.7 Å². The second-order valence-electron chi connectivity index (χ2n) is 4.57. The van der Waals surface area contributed by atoms with Crippen LogP contribution in [0, 0.1) is 5.82 Å². The van der Waals surface area contributed by atoms with Gasteiger partial charge in [0.15, 0.2) is 18.2 Å². The molecule has 1 heterocycles. The molecular formula is C16H17FN2O3. The number of halogens is 1. The molecule has 0 spiro atoms. The van der Waals surface area contributed by atoms with Crippen molar-refractivity contribution in [2.45, 2.75) is 0 Å². The smallest absolute Gasteiger partial charge is 0.260 e. The Bertz CT molecular complexity index is 607. The van der Waals surface area contributed by atoms with Crippen molar-refractivity contribution in [2.24, 2.45) is 0 Å². The minimum Gasteiger partial charge on any atom is -0.489 e. The molecule has 0 atom stereocenters. The number of hydrogen-bond acceptors (Lipinski definition) is 4. The molecule has 0 saturated heterocycles. The van der Waals surface area contributed by atoms with Crippen molar-refractivity contribution >= 4 is 5.91 Å². The van der Waals surface area contributed by atoms with Crippen LogP contribution in [0.1, 0.15) is 0 Å². The van der Waals surface area contributed by atoms with E-state index in [2.05, 4.69) is 4.98 Å². The molecule has 0 aliphatic heterocycles. The lowest BCUT2D eigenvalue weighted by molar-refractivity contribution is -0.132. The molecule has 116 valence electrons. The zero-order valence-electron chi connectivity index (χ0n) is 12.2. The Labute approximate surface area is 128 Å². The van der Waals surface area contributed by atoms with E-state index >= 15 is 0 Å². The van der Waals surface area contributed by atoms with E-state index in [1.165, 1.54) is 17.2 Å². The Kier molecular flexibility index (Phi) is 5.71. The summed E-state index contributed by atoms with van der Waals surface area (Å²) in [6.07, 6.45) is 3.16. The van der Waals surface area contributed by atoms with Gasteiger partial charge < -0.3 is 14.4 Å². The van der Waals surface area contributed by atoms with Crippen molar-refractivity contribution in [1.29, 1.82) is 0 Å². The van der Waals surface area contributed by atoms with Crippen LogP contribution in [0.3, 0.4) is 0 Å². The Balaban J connectivity index is 1.71. The fourth-order valence-electron chi connectivity index (χ4n) is 1.67. The maximum Gasteiger partial charge on any atom is 0.260 e. The van der Waals surface area contributed by atoms with E-state index in [0.29, 0.717) is 12.3 Å². The molecule has 0 bridgehead atoms. The van der Waals surface area contributed by atoms with Crippen LogP contribution in [0.25, 0.3) is 0 Å². The minimum atomic E-state index is -0.420. The van der Waals surface area contributed by atoms with Crippen molar-refractivity contribution < 1.29 is 18.7 Å². The fourth-order valence-corrected chi connectivity index (χ4v) is 1.67. The van der Waals surface area contributed by atoms with E-state index in [1.54, 1.807) is 43.6 Å². The summed E-state index contributed by atoms with van der Waals surface area (Å²) < 4.78 is 24.0. The van der Waals surface area contributed by atoms with Gasteiger partial charge in [-0.3, -0.25) is 9.78 Å². The third kappa shape index (κ3) is 4.73. The van der Waals surface area contributed by atoms with E-state index in [4.69, 9.17) is 9.47 Å². The number of para-hydroxylation sites is 1. The van der Waals surface area contributed by atoms with Gasteiger partial charge in [-0.25, -0.2) is 4.39 Å². The largest absolute Gasteiger partial charge is 0.489 e. The van der Waals surface area contributed by atoms with Crippen LogP contribution < -0.4 is 9.47 Å². The van der Waals surface area contributed by atoms with Crippen molar-refractivity contribution in [3.8, 4) is 11.5 Å². The first-order valence-corrected chi connectivity index (χ1v) is 6.81. The monoisotopic (exact) mass is 304 g/mol. The molecule has 6 heteroatoms. The number of nitrogens with zero attached hydrogens (tertiary/aromatic N) is 2. The highest BCUT2D eigenvalue weighted by atomic mass is 19.1. The fraction of sp³-hybridized carbons (Fsp3) is 0.250. The summed E-state index contributed by atoms with van der Waals surface area (Å²) in [6.45, 7) is 0.460. The molecule has 5 nitrogen and oxygen atoms in total. The zero-order valence-corrected chi connectivity index (χ0v) is 12.2. The lowest BCUT2D eigenvalue weighted by atomic mass is 10.3. The van der Waals surface area contributed by atoms with Gasteiger partial charge in [-0.2, -0.15) is 0 Å². The van der Waals surface area contributed by atoms with Crippen molar-refractivity contribution in [2.75, 3.05) is 26.8 Å². The Morgan fingerprint density at radius 1 is 1.23 bits per heavy atom. The normalized spacial score (nSPS) is 10.1. The van der Waals surface area contributed by atoms with Crippen LogP contribution in [0.2, 0.25) is 0 Å². The summed E-state index contributed by atoms with van der Waals surface area (Å²) in [5.41, 5.74) is 0. The number of rotatable bonds is 7. The molecule has 0 unspecified atom stereocenters. The Morgan fingerprint density at radius 2 is 2.05 bits per heavy atom. The summed E-state index contributed by atoms with van der Waals surface area (Å²) in [7, 11) is 1.64. The number of pyridine rings is 1. The molecule has 0 radical (unpaired) electrons. The summed E-state index contributed by atoms with van der Waals surface area (Å²) in [5.74, 6) is 0.0965. The number of benzene rings is 1. The second kappa shape index (κ2) is 7.97. The number of carbonyl (C=O) groups excluding carboxylic acids is 1. The van der Waals surface area contributed by atoms with Gasteiger partial charge in [-0.05, 0) is 24.3 Å². The molecule has 0 aliphatic carbocycles. The second-order valence-corrected chi connectivity index (χ2v) is 4.57. The first-order valence-electron chi connectivity index (χ1n) is 6.81. The standard InChI is InChI=1S/C16H17FN2O3/c1-19(9-10-21-15-7-3-2-6-14(15)17)16(20)12-22-13-5-4-8-18-11-13/h2-8,11H,9-10,12H2,1H3. The number of amides is 1. The van der Waals surface area contributed by atoms with Crippen LogP contribution in [0.15, 0.2) is 48.8 Å². The summed E-state index contributed by atoms with van der Waals surface area (Å²) in [4.78, 5) is 17.2. The topological polar surface area (TPSA) is 51.7 Å². The molecule has 1 aromatic carbocycles. The predicted octanol–water partition coefficient (Wildman–Crippen LogP) is 2.14. The van der Waals surface area contributed by atoms with E-state index in [1.807, 2.05) is 0 Å². The Hall–Kier alpha value is -2.63. The number of hydrogen-bond donors (Lipinski definition) is 0.